The number of nitrogens with zero attached hydrogens (tertiary/aromatic N) is 2. The van der Waals surface area contributed by atoms with Crippen LogP contribution >= 0.6 is 0 Å². The third-order valence-corrected chi connectivity index (χ3v) is 2.48. The molecule has 1 atom stereocenters. The van der Waals surface area contributed by atoms with Crippen molar-refractivity contribution in [2.75, 3.05) is 6.61 Å². The second-order valence-electron chi connectivity index (χ2n) is 3.87. The van der Waals surface area contributed by atoms with Gasteiger partial charge in [0.1, 0.15) is 17.4 Å². The molecule has 1 heterocycles. The van der Waals surface area contributed by atoms with Crippen LogP contribution in [0, 0.1) is 0 Å². The minimum absolute atomic E-state index is 0.101. The van der Waals surface area contributed by atoms with Crippen LogP contribution in [-0.2, 0) is 4.74 Å². The molecule has 1 unspecified atom stereocenters. The highest BCUT2D eigenvalue weighted by Gasteiger charge is 2.23. The summed E-state index contributed by atoms with van der Waals surface area (Å²) in [6.07, 6.45) is -1.18. The predicted octanol–water partition coefficient (Wildman–Crippen LogP) is 2.99. The number of carboxylic acid groups (broad SMARTS) is 1. The van der Waals surface area contributed by atoms with Crippen LogP contribution in [0.2, 0.25) is 0 Å². The molecule has 1 N–H and O–H groups in total. The quantitative estimate of drug-likeness (QED) is 0.827. The van der Waals surface area contributed by atoms with Crippen molar-refractivity contribution < 1.29 is 23.4 Å². The highest BCUT2D eigenvalue weighted by Crippen LogP contribution is 2.25. The molecule has 1 aromatic heterocycles. The van der Waals surface area contributed by atoms with Crippen LogP contribution in [0.25, 0.3) is 0 Å². The lowest BCUT2D eigenvalue weighted by Crippen LogP contribution is -2.14. The molecule has 0 spiro atoms. The van der Waals surface area contributed by atoms with Gasteiger partial charge in [-0.2, -0.15) is 0 Å². The van der Waals surface area contributed by atoms with Crippen molar-refractivity contribution in [3.05, 3.63) is 23.3 Å². The summed E-state index contributed by atoms with van der Waals surface area (Å²) in [6.45, 7) is 4.10. The molecule has 5 nitrogen and oxygen atoms in total. The number of carbonyl (C=O) groups is 1. The molecule has 7 heteroatoms. The van der Waals surface area contributed by atoms with Gasteiger partial charge in [-0.3, -0.25) is 0 Å². The first-order chi connectivity index (χ1) is 9.01. The van der Waals surface area contributed by atoms with E-state index in [0.29, 0.717) is 13.0 Å². The standard InChI is InChI=1S/C12H16F2N2O3/c1-3-5-8(19-4-2)11-15-6-7(12(17)18)9(16-11)10(13)14/h6,8,10H,3-5H2,1-2H3,(H,17,18). The van der Waals surface area contributed by atoms with E-state index >= 15 is 0 Å². The van der Waals surface area contributed by atoms with Gasteiger partial charge in [0.05, 0.1) is 0 Å². The number of aromatic nitrogens is 2. The molecule has 106 valence electrons. The smallest absolute Gasteiger partial charge is 0.339 e. The Hall–Kier alpha value is -1.63. The molecule has 0 aliphatic rings. The number of alkyl halides is 2. The number of rotatable bonds is 7. The molecule has 0 aromatic carbocycles. The SMILES string of the molecule is CCCC(OCC)c1ncc(C(=O)O)c(C(F)F)n1. The molecule has 0 fully saturated rings. The number of hydrogen-bond acceptors (Lipinski definition) is 4. The maximum absolute atomic E-state index is 12.8. The Morgan fingerprint density at radius 2 is 2.16 bits per heavy atom. The van der Waals surface area contributed by atoms with Gasteiger partial charge in [-0.1, -0.05) is 13.3 Å². The van der Waals surface area contributed by atoms with E-state index in [-0.39, 0.29) is 5.82 Å². The largest absolute Gasteiger partial charge is 0.478 e. The molecular weight excluding hydrogens is 258 g/mol. The van der Waals surface area contributed by atoms with E-state index in [9.17, 15) is 13.6 Å². The Balaban J connectivity index is 3.15. The summed E-state index contributed by atoms with van der Waals surface area (Å²) >= 11 is 0. The fraction of sp³-hybridized carbons (Fsp3) is 0.583. The first kappa shape index (κ1) is 15.4. The van der Waals surface area contributed by atoms with Crippen molar-refractivity contribution in [2.24, 2.45) is 0 Å². The van der Waals surface area contributed by atoms with E-state index in [4.69, 9.17) is 9.84 Å². The van der Waals surface area contributed by atoms with Crippen molar-refractivity contribution in [3.63, 3.8) is 0 Å². The van der Waals surface area contributed by atoms with Crippen molar-refractivity contribution in [2.45, 2.75) is 39.2 Å². The molecule has 1 rings (SSSR count). The summed E-state index contributed by atoms with van der Waals surface area (Å²) in [6, 6.07) is 0. The summed E-state index contributed by atoms with van der Waals surface area (Å²) in [4.78, 5) is 18.3. The molecule has 0 bridgehead atoms. The van der Waals surface area contributed by atoms with E-state index in [1.54, 1.807) is 6.92 Å². The number of aromatic carboxylic acids is 1. The zero-order valence-electron chi connectivity index (χ0n) is 10.8. The first-order valence-corrected chi connectivity index (χ1v) is 6.01. The van der Waals surface area contributed by atoms with Gasteiger partial charge < -0.3 is 9.84 Å². The molecule has 0 saturated heterocycles. The van der Waals surface area contributed by atoms with E-state index < -0.39 is 29.8 Å². The Bertz CT molecular complexity index is 435. The highest BCUT2D eigenvalue weighted by atomic mass is 19.3. The van der Waals surface area contributed by atoms with Crippen LogP contribution < -0.4 is 0 Å². The zero-order chi connectivity index (χ0) is 14.4. The summed E-state index contributed by atoms with van der Waals surface area (Å²) in [5, 5.41) is 8.81. The number of hydrogen-bond donors (Lipinski definition) is 1. The average Bonchev–Trinajstić information content (AvgIpc) is 2.37. The average molecular weight is 274 g/mol. The summed E-state index contributed by atoms with van der Waals surface area (Å²) in [5.41, 5.74) is -1.34. The van der Waals surface area contributed by atoms with Gasteiger partial charge in [-0.25, -0.2) is 23.5 Å². The number of ether oxygens (including phenoxy) is 1. The summed E-state index contributed by atoms with van der Waals surface area (Å²) < 4.78 is 31.0. The molecule has 0 aliphatic carbocycles. The predicted molar refractivity (Wildman–Crippen MR) is 63.2 cm³/mol. The first-order valence-electron chi connectivity index (χ1n) is 6.01. The summed E-state index contributed by atoms with van der Waals surface area (Å²) in [7, 11) is 0. The monoisotopic (exact) mass is 274 g/mol. The van der Waals surface area contributed by atoms with Gasteiger partial charge in [0.15, 0.2) is 5.82 Å². The molecule has 0 radical (unpaired) electrons. The van der Waals surface area contributed by atoms with Crippen molar-refractivity contribution in [3.8, 4) is 0 Å². The van der Waals surface area contributed by atoms with E-state index in [1.165, 1.54) is 0 Å². The Kier molecular flexibility index (Phi) is 5.75. The van der Waals surface area contributed by atoms with E-state index in [1.807, 2.05) is 6.92 Å². The second kappa shape index (κ2) is 7.08. The van der Waals surface area contributed by atoms with Gasteiger partial charge in [0, 0.05) is 12.8 Å². The normalized spacial score (nSPS) is 12.7. The van der Waals surface area contributed by atoms with Crippen LogP contribution in [0.15, 0.2) is 6.20 Å². The van der Waals surface area contributed by atoms with Crippen LogP contribution in [0.3, 0.4) is 0 Å². The van der Waals surface area contributed by atoms with Gasteiger partial charge >= 0.3 is 5.97 Å². The van der Waals surface area contributed by atoms with Crippen LogP contribution in [0.5, 0.6) is 0 Å². The topological polar surface area (TPSA) is 72.3 Å². The van der Waals surface area contributed by atoms with Crippen LogP contribution in [-0.4, -0.2) is 27.7 Å². The second-order valence-corrected chi connectivity index (χ2v) is 3.87. The minimum Gasteiger partial charge on any atom is -0.478 e. The van der Waals surface area contributed by atoms with Crippen LogP contribution in [0.1, 0.15) is 61.1 Å². The van der Waals surface area contributed by atoms with Crippen molar-refractivity contribution >= 4 is 5.97 Å². The van der Waals surface area contributed by atoms with Crippen LogP contribution in [0.4, 0.5) is 8.78 Å². The van der Waals surface area contributed by atoms with E-state index in [2.05, 4.69) is 9.97 Å². The lowest BCUT2D eigenvalue weighted by molar-refractivity contribution is 0.0478. The van der Waals surface area contributed by atoms with Gasteiger partial charge in [0.2, 0.25) is 0 Å². The maximum Gasteiger partial charge on any atom is 0.339 e. The zero-order valence-corrected chi connectivity index (χ0v) is 10.8. The third kappa shape index (κ3) is 3.92. The van der Waals surface area contributed by atoms with Gasteiger partial charge in [-0.05, 0) is 13.3 Å². The molecule has 0 amide bonds. The molecule has 19 heavy (non-hydrogen) atoms. The van der Waals surface area contributed by atoms with Gasteiger partial charge in [-0.15, -0.1) is 0 Å². The Morgan fingerprint density at radius 3 is 2.63 bits per heavy atom. The lowest BCUT2D eigenvalue weighted by atomic mass is 10.1. The molecular formula is C12H16F2N2O3. The molecule has 1 aromatic rings. The van der Waals surface area contributed by atoms with Crippen molar-refractivity contribution in [1.82, 2.24) is 9.97 Å². The third-order valence-electron chi connectivity index (χ3n) is 2.48. The maximum atomic E-state index is 12.8. The number of halogens is 2. The minimum atomic E-state index is -2.96. The molecule has 0 saturated carbocycles. The lowest BCUT2D eigenvalue weighted by Gasteiger charge is -2.16. The van der Waals surface area contributed by atoms with Crippen molar-refractivity contribution in [1.29, 1.82) is 0 Å². The number of carboxylic acids is 1. The fourth-order valence-electron chi connectivity index (χ4n) is 1.65. The summed E-state index contributed by atoms with van der Waals surface area (Å²) in [5.74, 6) is -1.37. The van der Waals surface area contributed by atoms with E-state index in [0.717, 1.165) is 12.6 Å². The fourth-order valence-corrected chi connectivity index (χ4v) is 1.65. The Labute approximate surface area is 109 Å². The Morgan fingerprint density at radius 1 is 1.47 bits per heavy atom. The van der Waals surface area contributed by atoms with Gasteiger partial charge in [0.25, 0.3) is 6.43 Å². The molecule has 0 aliphatic heterocycles. The highest BCUT2D eigenvalue weighted by molar-refractivity contribution is 5.88.